The zero-order valence-corrected chi connectivity index (χ0v) is 9.97. The molecule has 0 aliphatic carbocycles. The molecule has 2 heterocycles. The van der Waals surface area contributed by atoms with Crippen molar-refractivity contribution in [2.24, 2.45) is 0 Å². The predicted octanol–water partition coefficient (Wildman–Crippen LogP) is 1.19. The Bertz CT molecular complexity index is 210. The first kappa shape index (κ1) is 10.7. The summed E-state index contributed by atoms with van der Waals surface area (Å²) >= 11 is 1.90. The van der Waals surface area contributed by atoms with Crippen LogP contribution >= 0.6 is 11.8 Å². The Morgan fingerprint density at radius 3 is 2.86 bits per heavy atom. The van der Waals surface area contributed by atoms with Crippen molar-refractivity contribution in [3.8, 4) is 0 Å². The highest BCUT2D eigenvalue weighted by molar-refractivity contribution is 7.99. The maximum absolute atomic E-state index is 5.70. The Morgan fingerprint density at radius 2 is 2.14 bits per heavy atom. The van der Waals surface area contributed by atoms with Crippen LogP contribution in [0.1, 0.15) is 13.8 Å². The molecular weight excluding hydrogens is 198 g/mol. The summed E-state index contributed by atoms with van der Waals surface area (Å²) < 4.78 is 11.2. The molecule has 2 aliphatic rings. The fraction of sp³-hybridized carbons (Fsp3) is 1.00. The number of ether oxygens (including phenoxy) is 2. The molecule has 0 aromatic rings. The Hall–Kier alpha value is 0.230. The molecule has 2 fully saturated rings. The molecule has 2 saturated heterocycles. The third-order valence-electron chi connectivity index (χ3n) is 3.26. The predicted molar refractivity (Wildman–Crippen MR) is 58.6 cm³/mol. The van der Waals surface area contributed by atoms with Gasteiger partial charge in [0.2, 0.25) is 0 Å². The molecule has 2 aliphatic heterocycles. The summed E-state index contributed by atoms with van der Waals surface area (Å²) in [5, 5.41) is 0. The van der Waals surface area contributed by atoms with E-state index in [1.165, 1.54) is 0 Å². The summed E-state index contributed by atoms with van der Waals surface area (Å²) in [5.41, 5.74) is 0. The largest absolute Gasteiger partial charge is 0.377 e. The van der Waals surface area contributed by atoms with Crippen LogP contribution in [-0.4, -0.2) is 54.5 Å². The number of thioether (sulfide) groups is 1. The molecule has 0 aromatic heterocycles. The third kappa shape index (κ3) is 1.81. The van der Waals surface area contributed by atoms with Crippen molar-refractivity contribution < 1.29 is 9.47 Å². The fourth-order valence-corrected chi connectivity index (χ4v) is 2.69. The average Bonchev–Trinajstić information content (AvgIpc) is 2.64. The Morgan fingerprint density at radius 1 is 1.36 bits per heavy atom. The van der Waals surface area contributed by atoms with Gasteiger partial charge in [-0.1, -0.05) is 0 Å². The standard InChI is InChI=1S/C10H19NO2S/c1-10(2,14-3)11-4-5-13-9-7-12-6-8(9)11/h8-9H,4-7H2,1-3H3. The molecule has 2 atom stereocenters. The minimum atomic E-state index is 0.195. The van der Waals surface area contributed by atoms with Crippen molar-refractivity contribution in [1.29, 1.82) is 0 Å². The summed E-state index contributed by atoms with van der Waals surface area (Å²) in [5.74, 6) is 0. The van der Waals surface area contributed by atoms with Gasteiger partial charge >= 0.3 is 0 Å². The van der Waals surface area contributed by atoms with E-state index in [4.69, 9.17) is 9.47 Å². The van der Waals surface area contributed by atoms with Crippen LogP contribution in [-0.2, 0) is 9.47 Å². The summed E-state index contributed by atoms with van der Waals surface area (Å²) in [6.07, 6.45) is 2.47. The molecule has 2 rings (SSSR count). The molecular formula is C10H19NO2S. The second-order valence-electron chi connectivity index (χ2n) is 4.36. The number of hydrogen-bond donors (Lipinski definition) is 0. The van der Waals surface area contributed by atoms with Crippen molar-refractivity contribution in [3.05, 3.63) is 0 Å². The molecule has 0 spiro atoms. The molecule has 0 saturated carbocycles. The SMILES string of the molecule is CSC(C)(C)N1CCOC2COCC21. The Labute approximate surface area is 90.1 Å². The Kier molecular flexibility index (Phi) is 3.07. The monoisotopic (exact) mass is 217 g/mol. The van der Waals surface area contributed by atoms with Crippen LogP contribution in [0.25, 0.3) is 0 Å². The molecule has 0 N–H and O–H groups in total. The zero-order chi connectivity index (χ0) is 10.2. The highest BCUT2D eigenvalue weighted by atomic mass is 32.2. The van der Waals surface area contributed by atoms with Crippen molar-refractivity contribution in [2.75, 3.05) is 32.6 Å². The minimum Gasteiger partial charge on any atom is -0.377 e. The number of morpholine rings is 1. The van der Waals surface area contributed by atoms with Gasteiger partial charge in [0.05, 0.1) is 36.8 Å². The van der Waals surface area contributed by atoms with E-state index in [1.54, 1.807) is 0 Å². The van der Waals surface area contributed by atoms with E-state index in [0.29, 0.717) is 12.1 Å². The molecule has 0 radical (unpaired) electrons. The maximum Gasteiger partial charge on any atom is 0.0986 e. The summed E-state index contributed by atoms with van der Waals surface area (Å²) in [6, 6.07) is 0.464. The van der Waals surface area contributed by atoms with Crippen LogP contribution in [0.2, 0.25) is 0 Å². The first-order valence-electron chi connectivity index (χ1n) is 5.16. The first-order chi connectivity index (χ1) is 6.65. The highest BCUT2D eigenvalue weighted by Gasteiger charge is 2.42. The van der Waals surface area contributed by atoms with Gasteiger partial charge in [-0.3, -0.25) is 4.90 Å². The van der Waals surface area contributed by atoms with Gasteiger partial charge < -0.3 is 9.47 Å². The lowest BCUT2D eigenvalue weighted by Gasteiger charge is -2.45. The quantitative estimate of drug-likeness (QED) is 0.692. The normalized spacial score (nSPS) is 34.5. The fourth-order valence-electron chi connectivity index (χ4n) is 2.23. The van der Waals surface area contributed by atoms with E-state index >= 15 is 0 Å². The van der Waals surface area contributed by atoms with Crippen molar-refractivity contribution in [3.63, 3.8) is 0 Å². The molecule has 3 nitrogen and oxygen atoms in total. The van der Waals surface area contributed by atoms with Gasteiger partial charge in [-0.25, -0.2) is 0 Å². The third-order valence-corrected chi connectivity index (χ3v) is 4.49. The highest BCUT2D eigenvalue weighted by Crippen LogP contribution is 2.33. The van der Waals surface area contributed by atoms with E-state index in [9.17, 15) is 0 Å². The topological polar surface area (TPSA) is 21.7 Å². The van der Waals surface area contributed by atoms with Gasteiger partial charge in [-0.15, -0.1) is 11.8 Å². The van der Waals surface area contributed by atoms with E-state index in [1.807, 2.05) is 11.8 Å². The summed E-state index contributed by atoms with van der Waals surface area (Å²) in [4.78, 5) is 2.72. The Balaban J connectivity index is 2.10. The minimum absolute atomic E-state index is 0.195. The smallest absolute Gasteiger partial charge is 0.0986 e. The van der Waals surface area contributed by atoms with Crippen molar-refractivity contribution >= 4 is 11.8 Å². The summed E-state index contributed by atoms with van der Waals surface area (Å²) in [7, 11) is 0. The van der Waals surface area contributed by atoms with Crippen LogP contribution in [0.4, 0.5) is 0 Å². The van der Waals surface area contributed by atoms with Gasteiger partial charge in [0.25, 0.3) is 0 Å². The van der Waals surface area contributed by atoms with E-state index in [-0.39, 0.29) is 4.87 Å². The second kappa shape index (κ2) is 4.00. The second-order valence-corrected chi connectivity index (χ2v) is 5.77. The lowest BCUT2D eigenvalue weighted by Crippen LogP contribution is -2.57. The van der Waals surface area contributed by atoms with Gasteiger partial charge in [0.1, 0.15) is 0 Å². The van der Waals surface area contributed by atoms with Gasteiger partial charge in [-0.2, -0.15) is 0 Å². The molecule has 0 aromatic carbocycles. The van der Waals surface area contributed by atoms with Crippen LogP contribution in [0.3, 0.4) is 0 Å². The molecule has 82 valence electrons. The van der Waals surface area contributed by atoms with Crippen LogP contribution < -0.4 is 0 Å². The number of rotatable bonds is 2. The van der Waals surface area contributed by atoms with Gasteiger partial charge in [-0.05, 0) is 20.1 Å². The molecule has 2 unspecified atom stereocenters. The lowest BCUT2D eigenvalue weighted by molar-refractivity contribution is -0.0648. The lowest BCUT2D eigenvalue weighted by atomic mass is 10.1. The van der Waals surface area contributed by atoms with Crippen molar-refractivity contribution in [2.45, 2.75) is 30.9 Å². The number of nitrogens with zero attached hydrogens (tertiary/aromatic N) is 1. The molecule has 4 heteroatoms. The van der Waals surface area contributed by atoms with Crippen LogP contribution in [0, 0.1) is 0 Å². The molecule has 0 amide bonds. The summed E-state index contributed by atoms with van der Waals surface area (Å²) in [6.45, 7) is 8.02. The van der Waals surface area contributed by atoms with Gasteiger partial charge in [0.15, 0.2) is 0 Å². The zero-order valence-electron chi connectivity index (χ0n) is 9.16. The van der Waals surface area contributed by atoms with E-state index in [0.717, 1.165) is 26.4 Å². The van der Waals surface area contributed by atoms with E-state index < -0.39 is 0 Å². The first-order valence-corrected chi connectivity index (χ1v) is 6.39. The molecule has 14 heavy (non-hydrogen) atoms. The maximum atomic E-state index is 5.70. The average molecular weight is 217 g/mol. The molecule has 0 bridgehead atoms. The van der Waals surface area contributed by atoms with Gasteiger partial charge in [0, 0.05) is 6.54 Å². The van der Waals surface area contributed by atoms with Crippen LogP contribution in [0.15, 0.2) is 0 Å². The number of hydrogen-bond acceptors (Lipinski definition) is 4. The van der Waals surface area contributed by atoms with E-state index in [2.05, 4.69) is 25.0 Å². The van der Waals surface area contributed by atoms with Crippen LogP contribution in [0.5, 0.6) is 0 Å². The van der Waals surface area contributed by atoms with Crippen molar-refractivity contribution in [1.82, 2.24) is 4.90 Å². The number of fused-ring (bicyclic) bond motifs is 1.